The summed E-state index contributed by atoms with van der Waals surface area (Å²) in [6.45, 7) is 4.53. The summed E-state index contributed by atoms with van der Waals surface area (Å²) in [6.07, 6.45) is 5.33. The first kappa shape index (κ1) is 12.6. The molecule has 0 aromatic carbocycles. The van der Waals surface area contributed by atoms with Crippen molar-refractivity contribution in [1.82, 2.24) is 10.2 Å². The number of aromatic amines is 1. The molecule has 0 bridgehead atoms. The standard InChI is InChI=1S/C12H18BrN3O/c1-3-8-4-5-9(7(8)2)15-10-6-14-16-12(17)11(10)13/h6-9H,3-5H2,1-2H3,(H2,15,16,17). The molecule has 1 fully saturated rings. The quantitative estimate of drug-likeness (QED) is 0.902. The van der Waals surface area contributed by atoms with E-state index in [0.29, 0.717) is 16.4 Å². The van der Waals surface area contributed by atoms with E-state index in [9.17, 15) is 4.79 Å². The first-order chi connectivity index (χ1) is 8.13. The van der Waals surface area contributed by atoms with E-state index in [1.807, 2.05) is 0 Å². The number of nitrogens with one attached hydrogen (secondary N) is 2. The number of hydrogen-bond acceptors (Lipinski definition) is 3. The molecule has 0 radical (unpaired) electrons. The Labute approximate surface area is 109 Å². The van der Waals surface area contributed by atoms with Crippen molar-refractivity contribution < 1.29 is 0 Å². The Balaban J connectivity index is 2.12. The highest BCUT2D eigenvalue weighted by Gasteiger charge is 2.31. The van der Waals surface area contributed by atoms with Gasteiger partial charge in [-0.05, 0) is 40.6 Å². The summed E-state index contributed by atoms with van der Waals surface area (Å²) in [5.41, 5.74) is 0.607. The Morgan fingerprint density at radius 1 is 1.59 bits per heavy atom. The fraction of sp³-hybridized carbons (Fsp3) is 0.667. The summed E-state index contributed by atoms with van der Waals surface area (Å²) in [6, 6.07) is 0.444. The molecule has 1 heterocycles. The van der Waals surface area contributed by atoms with Crippen LogP contribution in [-0.2, 0) is 0 Å². The summed E-state index contributed by atoms with van der Waals surface area (Å²) in [5.74, 6) is 1.44. The maximum atomic E-state index is 11.4. The highest BCUT2D eigenvalue weighted by atomic mass is 79.9. The van der Waals surface area contributed by atoms with Gasteiger partial charge in [0, 0.05) is 6.04 Å². The van der Waals surface area contributed by atoms with Gasteiger partial charge in [-0.3, -0.25) is 4.79 Å². The van der Waals surface area contributed by atoms with E-state index in [0.717, 1.165) is 11.6 Å². The van der Waals surface area contributed by atoms with Gasteiger partial charge in [-0.25, -0.2) is 5.10 Å². The topological polar surface area (TPSA) is 57.8 Å². The van der Waals surface area contributed by atoms with Crippen LogP contribution in [0.1, 0.15) is 33.1 Å². The first-order valence-electron chi connectivity index (χ1n) is 6.13. The first-order valence-corrected chi connectivity index (χ1v) is 6.92. The predicted molar refractivity (Wildman–Crippen MR) is 72.1 cm³/mol. The van der Waals surface area contributed by atoms with Crippen molar-refractivity contribution >= 4 is 21.6 Å². The molecule has 0 amide bonds. The summed E-state index contributed by atoms with van der Waals surface area (Å²) >= 11 is 3.29. The number of aromatic nitrogens is 2. The fourth-order valence-corrected chi connectivity index (χ4v) is 3.02. The van der Waals surface area contributed by atoms with Crippen LogP contribution in [0.25, 0.3) is 0 Å². The van der Waals surface area contributed by atoms with Crippen molar-refractivity contribution in [2.45, 2.75) is 39.2 Å². The SMILES string of the molecule is CCC1CCC(Nc2cn[nH]c(=O)c2Br)C1C. The summed E-state index contributed by atoms with van der Waals surface area (Å²) in [5, 5.41) is 9.66. The second kappa shape index (κ2) is 5.21. The molecular weight excluding hydrogens is 282 g/mol. The summed E-state index contributed by atoms with van der Waals surface area (Å²) in [7, 11) is 0. The van der Waals surface area contributed by atoms with Gasteiger partial charge in [0.15, 0.2) is 0 Å². The van der Waals surface area contributed by atoms with Crippen LogP contribution in [0.5, 0.6) is 0 Å². The van der Waals surface area contributed by atoms with Crippen molar-refractivity contribution in [3.05, 3.63) is 21.0 Å². The average molecular weight is 300 g/mol. The predicted octanol–water partition coefficient (Wildman–Crippen LogP) is 2.77. The van der Waals surface area contributed by atoms with Gasteiger partial charge in [-0.1, -0.05) is 20.3 Å². The second-order valence-electron chi connectivity index (χ2n) is 4.78. The van der Waals surface area contributed by atoms with Crippen molar-refractivity contribution in [2.24, 2.45) is 11.8 Å². The monoisotopic (exact) mass is 299 g/mol. The van der Waals surface area contributed by atoms with Crippen molar-refractivity contribution in [3.8, 4) is 0 Å². The van der Waals surface area contributed by atoms with Gasteiger partial charge in [-0.15, -0.1) is 0 Å². The number of anilines is 1. The molecule has 94 valence electrons. The minimum absolute atomic E-state index is 0.187. The molecule has 5 heteroatoms. The van der Waals surface area contributed by atoms with E-state index in [1.165, 1.54) is 19.3 Å². The summed E-state index contributed by atoms with van der Waals surface area (Å²) < 4.78 is 0.541. The molecule has 0 saturated heterocycles. The van der Waals surface area contributed by atoms with Gasteiger partial charge in [-0.2, -0.15) is 5.10 Å². The van der Waals surface area contributed by atoms with Crippen LogP contribution < -0.4 is 10.9 Å². The third-order valence-electron chi connectivity index (χ3n) is 3.89. The Morgan fingerprint density at radius 3 is 3.00 bits per heavy atom. The molecule has 3 atom stereocenters. The van der Waals surface area contributed by atoms with E-state index >= 15 is 0 Å². The molecule has 1 aromatic heterocycles. The van der Waals surface area contributed by atoms with Crippen LogP contribution >= 0.6 is 15.9 Å². The lowest BCUT2D eigenvalue weighted by Gasteiger charge is -2.22. The van der Waals surface area contributed by atoms with Crippen LogP contribution in [-0.4, -0.2) is 16.2 Å². The van der Waals surface area contributed by atoms with Gasteiger partial charge in [0.05, 0.1) is 11.9 Å². The molecule has 2 rings (SSSR count). The minimum Gasteiger partial charge on any atom is -0.380 e. The van der Waals surface area contributed by atoms with E-state index in [1.54, 1.807) is 6.20 Å². The largest absolute Gasteiger partial charge is 0.380 e. The number of H-pyrrole nitrogens is 1. The van der Waals surface area contributed by atoms with Crippen LogP contribution in [0.2, 0.25) is 0 Å². The third-order valence-corrected chi connectivity index (χ3v) is 4.67. The Morgan fingerprint density at radius 2 is 2.35 bits per heavy atom. The van der Waals surface area contributed by atoms with Gasteiger partial charge in [0.1, 0.15) is 4.47 Å². The molecule has 2 N–H and O–H groups in total. The second-order valence-corrected chi connectivity index (χ2v) is 5.58. The lowest BCUT2D eigenvalue weighted by Crippen LogP contribution is -2.26. The zero-order valence-corrected chi connectivity index (χ0v) is 11.8. The molecule has 3 unspecified atom stereocenters. The highest BCUT2D eigenvalue weighted by Crippen LogP contribution is 2.36. The number of hydrogen-bond donors (Lipinski definition) is 2. The Bertz CT molecular complexity index is 446. The minimum atomic E-state index is -0.187. The van der Waals surface area contributed by atoms with Crippen molar-refractivity contribution in [2.75, 3.05) is 5.32 Å². The highest BCUT2D eigenvalue weighted by molar-refractivity contribution is 9.10. The van der Waals surface area contributed by atoms with E-state index in [4.69, 9.17) is 0 Å². The van der Waals surface area contributed by atoms with Crippen molar-refractivity contribution in [1.29, 1.82) is 0 Å². The number of nitrogens with zero attached hydrogens (tertiary/aromatic N) is 1. The molecule has 1 saturated carbocycles. The van der Waals surface area contributed by atoms with Gasteiger partial charge in [0.25, 0.3) is 5.56 Å². The third kappa shape index (κ3) is 2.54. The molecule has 1 aliphatic rings. The number of halogens is 1. The lowest BCUT2D eigenvalue weighted by atomic mass is 9.93. The van der Waals surface area contributed by atoms with Gasteiger partial charge in [0.2, 0.25) is 0 Å². The van der Waals surface area contributed by atoms with Gasteiger partial charge >= 0.3 is 0 Å². The van der Waals surface area contributed by atoms with Crippen LogP contribution in [0.3, 0.4) is 0 Å². The van der Waals surface area contributed by atoms with Crippen LogP contribution in [0, 0.1) is 11.8 Å². The Kier molecular flexibility index (Phi) is 3.86. The van der Waals surface area contributed by atoms with E-state index in [2.05, 4.69) is 45.3 Å². The fourth-order valence-electron chi connectivity index (χ4n) is 2.71. The maximum Gasteiger partial charge on any atom is 0.280 e. The van der Waals surface area contributed by atoms with E-state index in [-0.39, 0.29) is 5.56 Å². The van der Waals surface area contributed by atoms with Crippen LogP contribution in [0.4, 0.5) is 5.69 Å². The van der Waals surface area contributed by atoms with Gasteiger partial charge < -0.3 is 5.32 Å². The van der Waals surface area contributed by atoms with E-state index < -0.39 is 0 Å². The molecule has 1 aliphatic carbocycles. The van der Waals surface area contributed by atoms with Crippen molar-refractivity contribution in [3.63, 3.8) is 0 Å². The average Bonchev–Trinajstić information content (AvgIpc) is 2.66. The summed E-state index contributed by atoms with van der Waals surface area (Å²) in [4.78, 5) is 11.4. The molecule has 0 aliphatic heterocycles. The zero-order valence-electron chi connectivity index (χ0n) is 10.2. The smallest absolute Gasteiger partial charge is 0.280 e. The molecular formula is C12H18BrN3O. The van der Waals surface area contributed by atoms with Crippen LogP contribution in [0.15, 0.2) is 15.5 Å². The normalized spacial score (nSPS) is 28.3. The number of rotatable bonds is 3. The lowest BCUT2D eigenvalue weighted by molar-refractivity contribution is 0.392. The molecule has 0 spiro atoms. The molecule has 17 heavy (non-hydrogen) atoms. The maximum absolute atomic E-state index is 11.4. The zero-order chi connectivity index (χ0) is 12.4. The Hall–Kier alpha value is -0.840. The molecule has 4 nitrogen and oxygen atoms in total. The molecule has 1 aromatic rings.